The van der Waals surface area contributed by atoms with Crippen LogP contribution in [0.5, 0.6) is 5.75 Å². The highest BCUT2D eigenvalue weighted by Gasteiger charge is 2.12. The third-order valence-corrected chi connectivity index (χ3v) is 3.54. The minimum Gasteiger partial charge on any atom is -0.435 e. The second kappa shape index (κ2) is 9.71. The van der Waals surface area contributed by atoms with Crippen molar-refractivity contribution in [2.75, 3.05) is 11.9 Å². The summed E-state index contributed by atoms with van der Waals surface area (Å²) in [4.78, 5) is 12.0. The summed E-state index contributed by atoms with van der Waals surface area (Å²) in [6.45, 7) is -0.206. The number of carbonyl (C=O) groups is 1. The molecule has 0 aliphatic heterocycles. The van der Waals surface area contributed by atoms with Gasteiger partial charge in [0.15, 0.2) is 0 Å². The van der Waals surface area contributed by atoms with Gasteiger partial charge >= 0.3 is 6.61 Å². The molecule has 1 amide bonds. The summed E-state index contributed by atoms with van der Waals surface area (Å²) < 4.78 is 28.6. The van der Waals surface area contributed by atoms with Crippen molar-refractivity contribution >= 4 is 21.8 Å². The lowest BCUT2D eigenvalue weighted by Crippen LogP contribution is -2.29. The molecule has 0 bridgehead atoms. The van der Waals surface area contributed by atoms with Gasteiger partial charge in [-0.1, -0.05) is 35.3 Å². The van der Waals surface area contributed by atoms with Crippen molar-refractivity contribution in [1.29, 1.82) is 0 Å². The normalized spacial score (nSPS) is 12.2. The van der Waals surface area contributed by atoms with E-state index >= 15 is 0 Å². The zero-order chi connectivity index (χ0) is 15.7. The third-order valence-electron chi connectivity index (χ3n) is 3.09. The number of rotatable bonds is 9. The van der Waals surface area contributed by atoms with Gasteiger partial charge in [0.2, 0.25) is 0 Å². The second-order valence-corrected chi connectivity index (χ2v) is 5.54. The van der Waals surface area contributed by atoms with Crippen LogP contribution in [0.25, 0.3) is 0 Å². The molecule has 0 aliphatic carbocycles. The molecule has 0 saturated carbocycles. The number of hydrogen-bond acceptors (Lipinski definition) is 2. The largest absolute Gasteiger partial charge is 0.435 e. The van der Waals surface area contributed by atoms with Gasteiger partial charge in [-0.2, -0.15) is 8.78 Å². The summed E-state index contributed by atoms with van der Waals surface area (Å²) in [6.07, 6.45) is 3.09. The number of ether oxygens (including phenoxy) is 1. The minimum absolute atomic E-state index is 0.0109. The van der Waals surface area contributed by atoms with Gasteiger partial charge in [0, 0.05) is 17.4 Å². The Morgan fingerprint density at radius 3 is 2.76 bits per heavy atom. The Balaban J connectivity index is 2.58. The number of benzene rings is 1. The summed E-state index contributed by atoms with van der Waals surface area (Å²) in [5, 5.41) is 3.74. The van der Waals surface area contributed by atoms with E-state index in [1.807, 2.05) is 0 Å². The summed E-state index contributed by atoms with van der Waals surface area (Å²) >= 11 is 3.40. The van der Waals surface area contributed by atoms with Crippen LogP contribution in [-0.2, 0) is 0 Å². The van der Waals surface area contributed by atoms with E-state index in [1.165, 1.54) is 18.2 Å². The minimum atomic E-state index is -2.89. The summed E-state index contributed by atoms with van der Waals surface area (Å²) in [6, 6.07) is 5.82. The molecule has 21 heavy (non-hydrogen) atoms. The number of nitrogens with one attached hydrogen (secondary N) is 1. The zero-order valence-electron chi connectivity index (χ0n) is 12.0. The molecule has 0 saturated heterocycles. The standard InChI is InChI=1S/C15H20BrF2NO2/c1-2-4-11(7-8-16)10-19-14(20)12-5-3-6-13(9-12)21-15(17)18/h3,5-6,9,11,15H,2,4,7-8,10H2,1H3,(H,19,20). The van der Waals surface area contributed by atoms with Gasteiger partial charge in [0.1, 0.15) is 5.75 Å². The first kappa shape index (κ1) is 17.9. The van der Waals surface area contributed by atoms with Crippen molar-refractivity contribution in [1.82, 2.24) is 5.32 Å². The molecule has 0 radical (unpaired) electrons. The van der Waals surface area contributed by atoms with Crippen LogP contribution in [0.1, 0.15) is 36.5 Å². The molecule has 1 aromatic carbocycles. The molecule has 1 rings (SSSR count). The number of alkyl halides is 3. The van der Waals surface area contributed by atoms with Gasteiger partial charge in [0.25, 0.3) is 5.91 Å². The molecule has 0 spiro atoms. The molecule has 1 N–H and O–H groups in total. The van der Waals surface area contributed by atoms with Crippen molar-refractivity contribution in [3.05, 3.63) is 29.8 Å². The van der Waals surface area contributed by atoms with Gasteiger partial charge in [-0.3, -0.25) is 4.79 Å². The Kier molecular flexibility index (Phi) is 8.27. The Morgan fingerprint density at radius 2 is 2.14 bits per heavy atom. The maximum atomic E-state index is 12.1. The van der Waals surface area contributed by atoms with E-state index in [-0.39, 0.29) is 11.7 Å². The number of carbonyl (C=O) groups excluding carboxylic acids is 1. The van der Waals surface area contributed by atoms with E-state index in [9.17, 15) is 13.6 Å². The number of halogens is 3. The smallest absolute Gasteiger partial charge is 0.387 e. The van der Waals surface area contributed by atoms with Gasteiger partial charge in [-0.05, 0) is 37.0 Å². The maximum Gasteiger partial charge on any atom is 0.387 e. The van der Waals surface area contributed by atoms with Crippen molar-refractivity contribution < 1.29 is 18.3 Å². The van der Waals surface area contributed by atoms with E-state index in [0.29, 0.717) is 18.0 Å². The van der Waals surface area contributed by atoms with Crippen LogP contribution in [0.3, 0.4) is 0 Å². The van der Waals surface area contributed by atoms with Gasteiger partial charge in [-0.15, -0.1) is 0 Å². The molecule has 0 aliphatic rings. The first-order chi connectivity index (χ1) is 10.1. The van der Waals surface area contributed by atoms with Gasteiger partial charge in [-0.25, -0.2) is 0 Å². The quantitative estimate of drug-likeness (QED) is 0.667. The van der Waals surface area contributed by atoms with Crippen LogP contribution in [0.2, 0.25) is 0 Å². The SMILES string of the molecule is CCCC(CCBr)CNC(=O)c1cccc(OC(F)F)c1. The first-order valence-corrected chi connectivity index (χ1v) is 8.08. The molecule has 1 unspecified atom stereocenters. The topological polar surface area (TPSA) is 38.3 Å². The van der Waals surface area contributed by atoms with Crippen LogP contribution < -0.4 is 10.1 Å². The van der Waals surface area contributed by atoms with Crippen molar-refractivity contribution in [2.45, 2.75) is 32.8 Å². The van der Waals surface area contributed by atoms with E-state index < -0.39 is 6.61 Å². The fraction of sp³-hybridized carbons (Fsp3) is 0.533. The Hall–Kier alpha value is -1.17. The second-order valence-electron chi connectivity index (χ2n) is 4.75. The number of amides is 1. The highest BCUT2D eigenvalue weighted by Crippen LogP contribution is 2.16. The Morgan fingerprint density at radius 1 is 1.38 bits per heavy atom. The molecule has 0 fully saturated rings. The molecule has 6 heteroatoms. The molecule has 3 nitrogen and oxygen atoms in total. The lowest BCUT2D eigenvalue weighted by Gasteiger charge is -2.15. The van der Waals surface area contributed by atoms with Gasteiger partial charge in [0.05, 0.1) is 0 Å². The molecular formula is C15H20BrF2NO2. The van der Waals surface area contributed by atoms with Crippen LogP contribution in [-0.4, -0.2) is 24.4 Å². The number of hydrogen-bond donors (Lipinski definition) is 1. The molecule has 0 aromatic heterocycles. The highest BCUT2D eigenvalue weighted by molar-refractivity contribution is 9.09. The van der Waals surface area contributed by atoms with E-state index in [1.54, 1.807) is 6.07 Å². The average Bonchev–Trinajstić information content (AvgIpc) is 2.44. The summed E-state index contributed by atoms with van der Waals surface area (Å²) in [5.74, 6) is 0.132. The maximum absolute atomic E-state index is 12.1. The fourth-order valence-electron chi connectivity index (χ4n) is 2.06. The van der Waals surface area contributed by atoms with E-state index in [0.717, 1.165) is 24.6 Å². The summed E-state index contributed by atoms with van der Waals surface area (Å²) in [7, 11) is 0. The molecule has 118 valence electrons. The van der Waals surface area contributed by atoms with Crippen molar-refractivity contribution in [2.24, 2.45) is 5.92 Å². The van der Waals surface area contributed by atoms with Crippen molar-refractivity contribution in [3.8, 4) is 5.75 Å². The Labute approximate surface area is 132 Å². The van der Waals surface area contributed by atoms with Gasteiger partial charge < -0.3 is 10.1 Å². The molecule has 1 atom stereocenters. The lowest BCUT2D eigenvalue weighted by atomic mass is 10.0. The van der Waals surface area contributed by atoms with Crippen LogP contribution >= 0.6 is 15.9 Å². The lowest BCUT2D eigenvalue weighted by molar-refractivity contribution is -0.0498. The van der Waals surface area contributed by atoms with E-state index in [4.69, 9.17) is 0 Å². The van der Waals surface area contributed by atoms with E-state index in [2.05, 4.69) is 32.9 Å². The van der Waals surface area contributed by atoms with Crippen molar-refractivity contribution in [3.63, 3.8) is 0 Å². The fourth-order valence-corrected chi connectivity index (χ4v) is 2.71. The molecule has 0 heterocycles. The predicted molar refractivity (Wildman–Crippen MR) is 82.2 cm³/mol. The van der Waals surface area contributed by atoms with Crippen LogP contribution in [0, 0.1) is 5.92 Å². The first-order valence-electron chi connectivity index (χ1n) is 6.95. The monoisotopic (exact) mass is 363 g/mol. The highest BCUT2D eigenvalue weighted by atomic mass is 79.9. The Bertz CT molecular complexity index is 437. The van der Waals surface area contributed by atoms with Crippen LogP contribution in [0.15, 0.2) is 24.3 Å². The third kappa shape index (κ3) is 6.89. The van der Waals surface area contributed by atoms with Crippen LogP contribution in [0.4, 0.5) is 8.78 Å². The summed E-state index contributed by atoms with van der Waals surface area (Å²) in [5.41, 5.74) is 0.322. The molecular weight excluding hydrogens is 344 g/mol. The zero-order valence-corrected chi connectivity index (χ0v) is 13.5. The predicted octanol–water partition coefficient (Wildman–Crippen LogP) is 4.22. The molecule has 1 aromatic rings. The average molecular weight is 364 g/mol.